The molecular weight excluding hydrogens is 244 g/mol. The molecule has 0 heterocycles. The fourth-order valence-corrected chi connectivity index (χ4v) is 1.37. The summed E-state index contributed by atoms with van der Waals surface area (Å²) in [5.74, 6) is 0. The smallest absolute Gasteiger partial charge is 0.0415 e. The van der Waals surface area contributed by atoms with Gasteiger partial charge in [-0.15, -0.1) is 0 Å². The highest BCUT2D eigenvalue weighted by Gasteiger charge is 2.20. The fourth-order valence-electron chi connectivity index (χ4n) is 1.37. The van der Waals surface area contributed by atoms with E-state index >= 15 is 0 Å². The van der Waals surface area contributed by atoms with Crippen LogP contribution in [0.5, 0.6) is 0 Å². The summed E-state index contributed by atoms with van der Waals surface area (Å²) in [6.07, 6.45) is 0. The van der Waals surface area contributed by atoms with Crippen LogP contribution in [0.3, 0.4) is 0 Å². The lowest BCUT2D eigenvalue weighted by Gasteiger charge is -2.29. The Bertz CT molecular complexity index is 297. The first-order valence-corrected chi connectivity index (χ1v) is 6.54. The lowest BCUT2D eigenvalue weighted by molar-refractivity contribution is 0.314. The number of nitrogens with one attached hydrogen (secondary N) is 2. The molecule has 0 aliphatic carbocycles. The van der Waals surface area contributed by atoms with Gasteiger partial charge in [-0.2, -0.15) is 0 Å². The molecule has 2 unspecified atom stereocenters. The second-order valence-corrected chi connectivity index (χ2v) is 5.83. The minimum Gasteiger partial charge on any atom is -0.792 e. The molecule has 0 aromatic heterocycles. The SMILES string of the molecule is C/C(=N\[O-])C(C)NCC(C)(C)CNC(C)/C(C)=N/[O-]. The van der Waals surface area contributed by atoms with Crippen LogP contribution in [0.4, 0.5) is 0 Å². The van der Waals surface area contributed by atoms with Crippen LogP contribution in [0.1, 0.15) is 41.5 Å². The third kappa shape index (κ3) is 7.12. The summed E-state index contributed by atoms with van der Waals surface area (Å²) in [5.41, 5.74) is 1.09. The van der Waals surface area contributed by atoms with E-state index in [0.29, 0.717) is 11.4 Å². The van der Waals surface area contributed by atoms with Gasteiger partial charge in [-0.25, -0.2) is 0 Å². The first kappa shape index (κ1) is 17.9. The van der Waals surface area contributed by atoms with E-state index in [2.05, 4.69) is 34.8 Å². The molecule has 112 valence electrons. The summed E-state index contributed by atoms with van der Waals surface area (Å²) in [5, 5.41) is 33.3. The molecular formula is C13H26N4O2-2. The number of nitrogens with zero attached hydrogens (tertiary/aromatic N) is 2. The van der Waals surface area contributed by atoms with E-state index in [1.54, 1.807) is 13.8 Å². The summed E-state index contributed by atoms with van der Waals surface area (Å²) in [4.78, 5) is 0. The maximum Gasteiger partial charge on any atom is 0.0415 e. The van der Waals surface area contributed by atoms with Crippen LogP contribution in [0.2, 0.25) is 0 Å². The standard InChI is InChI=1S/C13H28N4O2/c1-9(11(3)16-18)14-7-13(5,6)8-15-10(2)12(4)17-19/h9-10,14-15,18-19H,7-8H2,1-6H3/p-2/b16-11+,17-12+. The Kier molecular flexibility index (Phi) is 7.63. The van der Waals surface area contributed by atoms with Gasteiger partial charge >= 0.3 is 0 Å². The molecule has 2 N–H and O–H groups in total. The Morgan fingerprint density at radius 2 is 1.26 bits per heavy atom. The van der Waals surface area contributed by atoms with E-state index in [1.807, 2.05) is 13.8 Å². The fraction of sp³-hybridized carbons (Fsp3) is 0.846. The van der Waals surface area contributed by atoms with Gasteiger partial charge in [-0.1, -0.05) is 13.8 Å². The molecule has 0 amide bonds. The zero-order chi connectivity index (χ0) is 15.1. The van der Waals surface area contributed by atoms with E-state index < -0.39 is 0 Å². The van der Waals surface area contributed by atoms with E-state index in [9.17, 15) is 10.4 Å². The predicted octanol–water partition coefficient (Wildman–Crippen LogP) is 1.89. The van der Waals surface area contributed by atoms with Crippen molar-refractivity contribution in [1.29, 1.82) is 0 Å². The molecule has 0 aliphatic rings. The first-order chi connectivity index (χ1) is 8.73. The van der Waals surface area contributed by atoms with Crippen LogP contribution in [-0.2, 0) is 0 Å². The number of hydrogen-bond donors (Lipinski definition) is 2. The normalized spacial score (nSPS) is 17.4. The molecule has 0 aliphatic heterocycles. The van der Waals surface area contributed by atoms with E-state index in [-0.39, 0.29) is 17.5 Å². The summed E-state index contributed by atoms with van der Waals surface area (Å²) in [6.45, 7) is 13.0. The monoisotopic (exact) mass is 270 g/mol. The van der Waals surface area contributed by atoms with Crippen molar-refractivity contribution in [3.8, 4) is 0 Å². The van der Waals surface area contributed by atoms with Crippen molar-refractivity contribution in [2.24, 2.45) is 15.7 Å². The Hall–Kier alpha value is -1.14. The van der Waals surface area contributed by atoms with Gasteiger partial charge in [-0.3, -0.25) is 0 Å². The van der Waals surface area contributed by atoms with Crippen LogP contribution in [0.15, 0.2) is 10.3 Å². The Balaban J connectivity index is 4.19. The topological polar surface area (TPSA) is 94.9 Å². The van der Waals surface area contributed by atoms with Crippen molar-refractivity contribution < 1.29 is 0 Å². The van der Waals surface area contributed by atoms with Gasteiger partial charge < -0.3 is 31.4 Å². The zero-order valence-electron chi connectivity index (χ0n) is 12.8. The van der Waals surface area contributed by atoms with Gasteiger partial charge in [0.05, 0.1) is 0 Å². The quantitative estimate of drug-likeness (QED) is 0.520. The highest BCUT2D eigenvalue weighted by Crippen LogP contribution is 2.12. The number of hydrogen-bond acceptors (Lipinski definition) is 6. The molecule has 6 heteroatoms. The molecule has 6 nitrogen and oxygen atoms in total. The van der Waals surface area contributed by atoms with Crippen molar-refractivity contribution in [3.05, 3.63) is 10.4 Å². The number of rotatable bonds is 8. The van der Waals surface area contributed by atoms with E-state index in [4.69, 9.17) is 0 Å². The van der Waals surface area contributed by atoms with Crippen molar-refractivity contribution in [2.75, 3.05) is 13.1 Å². The minimum absolute atomic E-state index is 0.00511. The van der Waals surface area contributed by atoms with Gasteiger partial charge in [0.15, 0.2) is 0 Å². The van der Waals surface area contributed by atoms with Crippen LogP contribution >= 0.6 is 0 Å². The van der Waals surface area contributed by atoms with Gasteiger partial charge in [0.1, 0.15) is 0 Å². The molecule has 0 radical (unpaired) electrons. The highest BCUT2D eigenvalue weighted by molar-refractivity contribution is 5.87. The van der Waals surface area contributed by atoms with Gasteiger partial charge in [-0.05, 0) is 33.1 Å². The Labute approximate surface area is 116 Å². The summed E-state index contributed by atoms with van der Waals surface area (Å²) in [6, 6.07) is -0.0572. The predicted molar refractivity (Wildman–Crippen MR) is 81.7 cm³/mol. The van der Waals surface area contributed by atoms with Crippen molar-refractivity contribution in [3.63, 3.8) is 0 Å². The van der Waals surface area contributed by atoms with Gasteiger partial charge in [0.2, 0.25) is 0 Å². The molecule has 0 spiro atoms. The molecule has 0 aromatic carbocycles. The lowest BCUT2D eigenvalue weighted by Crippen LogP contribution is -2.46. The van der Waals surface area contributed by atoms with Crippen LogP contribution in [-0.4, -0.2) is 36.6 Å². The average Bonchev–Trinajstić information content (AvgIpc) is 2.40. The Morgan fingerprint density at radius 1 is 0.947 bits per heavy atom. The minimum atomic E-state index is -0.0286. The van der Waals surface area contributed by atoms with Gasteiger partial charge in [0.25, 0.3) is 0 Å². The van der Waals surface area contributed by atoms with Gasteiger partial charge in [0, 0.05) is 36.6 Å². The van der Waals surface area contributed by atoms with Crippen LogP contribution < -0.4 is 10.6 Å². The molecule has 19 heavy (non-hydrogen) atoms. The molecule has 0 aromatic rings. The largest absolute Gasteiger partial charge is 0.792 e. The molecule has 0 fully saturated rings. The summed E-state index contributed by atoms with van der Waals surface area (Å²) < 4.78 is 0. The second-order valence-electron chi connectivity index (χ2n) is 5.83. The first-order valence-electron chi connectivity index (χ1n) is 6.54. The molecule has 2 atom stereocenters. The second kappa shape index (κ2) is 8.12. The molecule has 0 saturated heterocycles. The third-order valence-corrected chi connectivity index (χ3v) is 3.31. The molecule has 0 saturated carbocycles. The third-order valence-electron chi connectivity index (χ3n) is 3.31. The highest BCUT2D eigenvalue weighted by atomic mass is 16.4. The molecule has 0 bridgehead atoms. The van der Waals surface area contributed by atoms with Crippen molar-refractivity contribution >= 4 is 11.4 Å². The Morgan fingerprint density at radius 3 is 1.53 bits per heavy atom. The van der Waals surface area contributed by atoms with E-state index in [0.717, 1.165) is 13.1 Å². The van der Waals surface area contributed by atoms with Crippen molar-refractivity contribution in [1.82, 2.24) is 10.6 Å². The van der Waals surface area contributed by atoms with Crippen molar-refractivity contribution in [2.45, 2.75) is 53.6 Å². The average molecular weight is 270 g/mol. The maximum absolute atomic E-state index is 10.4. The summed E-state index contributed by atoms with van der Waals surface area (Å²) in [7, 11) is 0. The zero-order valence-corrected chi connectivity index (χ0v) is 12.8. The van der Waals surface area contributed by atoms with Crippen LogP contribution in [0.25, 0.3) is 0 Å². The lowest BCUT2D eigenvalue weighted by atomic mass is 9.92. The van der Waals surface area contributed by atoms with Crippen LogP contribution in [0, 0.1) is 15.8 Å². The molecule has 0 rings (SSSR count). The maximum atomic E-state index is 10.4. The van der Waals surface area contributed by atoms with E-state index in [1.165, 1.54) is 0 Å². The summed E-state index contributed by atoms with van der Waals surface area (Å²) >= 11 is 0.